The molecule has 0 aliphatic heterocycles. The smallest absolute Gasteiger partial charge is 0.333 e. The van der Waals surface area contributed by atoms with E-state index in [0.29, 0.717) is 0 Å². The number of rotatable bonds is 3. The Morgan fingerprint density at radius 2 is 1.70 bits per heavy atom. The van der Waals surface area contributed by atoms with Gasteiger partial charge in [-0.3, -0.25) is 4.79 Å². The summed E-state index contributed by atoms with van der Waals surface area (Å²) >= 11 is 0. The summed E-state index contributed by atoms with van der Waals surface area (Å²) in [6.45, 7) is 0. The van der Waals surface area contributed by atoms with Gasteiger partial charge in [0, 0.05) is 32.7 Å². The number of aliphatic hydroxyl groups excluding tert-OH is 1. The average Bonchev–Trinajstić information content (AvgIpc) is 1.63. The summed E-state index contributed by atoms with van der Waals surface area (Å²) in [5.74, 6) is -2.85. The van der Waals surface area contributed by atoms with Gasteiger partial charge in [0.2, 0.25) is 0 Å². The summed E-state index contributed by atoms with van der Waals surface area (Å²) in [7, 11) is 0. The van der Waals surface area contributed by atoms with Gasteiger partial charge in [0.15, 0.2) is 6.10 Å². The molecule has 10 heavy (non-hydrogen) atoms. The van der Waals surface area contributed by atoms with Crippen LogP contribution in [0, 0.1) is 0 Å². The van der Waals surface area contributed by atoms with Gasteiger partial charge in [-0.2, -0.15) is 0 Å². The van der Waals surface area contributed by atoms with E-state index < -0.39 is 24.5 Å². The van der Waals surface area contributed by atoms with E-state index in [-0.39, 0.29) is 32.7 Å². The van der Waals surface area contributed by atoms with E-state index in [4.69, 9.17) is 15.3 Å². The fourth-order valence-electron chi connectivity index (χ4n) is 0.253. The Morgan fingerprint density at radius 3 is 1.80 bits per heavy atom. The number of carbonyl (C=O) groups is 2. The molecule has 0 aliphatic carbocycles. The molecule has 0 saturated heterocycles. The molecule has 0 saturated carbocycles. The Morgan fingerprint density at radius 1 is 1.30 bits per heavy atom. The Balaban J connectivity index is 0. The summed E-state index contributed by atoms with van der Waals surface area (Å²) in [5, 5.41) is 24.1. The number of hydrogen-bond donors (Lipinski definition) is 3. The van der Waals surface area contributed by atoms with Gasteiger partial charge in [0.05, 0.1) is 6.42 Å². The van der Waals surface area contributed by atoms with Crippen LogP contribution in [0.1, 0.15) is 6.42 Å². The van der Waals surface area contributed by atoms with E-state index >= 15 is 0 Å². The molecule has 0 rings (SSSR count). The minimum Gasteiger partial charge on any atom is -0.481 e. The first-order valence-electron chi connectivity index (χ1n) is 2.16. The van der Waals surface area contributed by atoms with Crippen LogP contribution in [0.4, 0.5) is 0 Å². The summed E-state index contributed by atoms with van der Waals surface area (Å²) in [4.78, 5) is 19.4. The predicted molar refractivity (Wildman–Crippen MR) is 25.9 cm³/mol. The number of hydrogen-bond acceptors (Lipinski definition) is 3. The van der Waals surface area contributed by atoms with Gasteiger partial charge in [-0.1, -0.05) is 0 Å². The molecule has 0 aliphatic rings. The Kier molecular flexibility index (Phi) is 7.30. The van der Waals surface area contributed by atoms with Crippen molar-refractivity contribution in [2.45, 2.75) is 12.5 Å². The van der Waals surface area contributed by atoms with Crippen molar-refractivity contribution in [1.82, 2.24) is 0 Å². The first kappa shape index (κ1) is 12.7. The van der Waals surface area contributed by atoms with Crippen LogP contribution in [0.2, 0.25) is 0 Å². The van der Waals surface area contributed by atoms with Crippen molar-refractivity contribution in [3.8, 4) is 0 Å². The first-order chi connectivity index (χ1) is 4.04. The van der Waals surface area contributed by atoms with Gasteiger partial charge in [-0.05, 0) is 0 Å². The van der Waals surface area contributed by atoms with E-state index in [1.54, 1.807) is 0 Å². The maximum atomic E-state index is 9.72. The zero-order chi connectivity index (χ0) is 7.44. The fourth-order valence-corrected chi connectivity index (χ4v) is 0.253. The molecule has 5 nitrogen and oxygen atoms in total. The molecule has 1 atom stereocenters. The maximum Gasteiger partial charge on any atom is 0.333 e. The SMILES string of the molecule is O=C(O)CC(O)C(=O)O.[Y]. The standard InChI is InChI=1S/C4H6O5.Y/c5-2(4(8)9)1-3(6)7;/h2,5H,1H2,(H,6,7)(H,8,9);. The first-order valence-corrected chi connectivity index (χ1v) is 2.16. The fraction of sp³-hybridized carbons (Fsp3) is 0.500. The number of aliphatic hydroxyl groups is 1. The Bertz CT molecular complexity index is 134. The van der Waals surface area contributed by atoms with Gasteiger partial charge < -0.3 is 15.3 Å². The molecule has 6 heteroatoms. The number of carboxylic acids is 2. The molecule has 0 aromatic heterocycles. The minimum absolute atomic E-state index is 0. The molecular weight excluding hydrogens is 217 g/mol. The summed E-state index contributed by atoms with van der Waals surface area (Å²) in [5.41, 5.74) is 0. The second-order valence-electron chi connectivity index (χ2n) is 1.45. The van der Waals surface area contributed by atoms with Gasteiger partial charge in [0.25, 0.3) is 0 Å². The van der Waals surface area contributed by atoms with E-state index in [0.717, 1.165) is 0 Å². The summed E-state index contributed by atoms with van der Waals surface area (Å²) < 4.78 is 0. The molecular formula is C4H6O5Y. The predicted octanol–water partition coefficient (Wildman–Crippen LogP) is -1.10. The van der Waals surface area contributed by atoms with Crippen molar-refractivity contribution in [3.05, 3.63) is 0 Å². The molecule has 55 valence electrons. The van der Waals surface area contributed by atoms with Gasteiger partial charge >= 0.3 is 11.9 Å². The molecule has 0 fully saturated rings. The van der Waals surface area contributed by atoms with Crippen LogP contribution in [-0.2, 0) is 42.3 Å². The Labute approximate surface area is 81.9 Å². The molecule has 0 bridgehead atoms. The van der Waals surface area contributed by atoms with Crippen LogP contribution in [0.25, 0.3) is 0 Å². The molecule has 0 amide bonds. The van der Waals surface area contributed by atoms with Crippen LogP contribution in [0.5, 0.6) is 0 Å². The van der Waals surface area contributed by atoms with Crippen LogP contribution in [-0.4, -0.2) is 33.4 Å². The van der Waals surface area contributed by atoms with Gasteiger partial charge in [0.1, 0.15) is 0 Å². The van der Waals surface area contributed by atoms with Crippen LogP contribution < -0.4 is 0 Å². The van der Waals surface area contributed by atoms with E-state index in [1.807, 2.05) is 0 Å². The molecule has 0 aromatic carbocycles. The summed E-state index contributed by atoms with van der Waals surface area (Å²) in [6.07, 6.45) is -2.54. The van der Waals surface area contributed by atoms with Crippen LogP contribution in [0.3, 0.4) is 0 Å². The zero-order valence-corrected chi connectivity index (χ0v) is 7.86. The molecule has 0 aromatic rings. The molecule has 0 heterocycles. The van der Waals surface area contributed by atoms with Crippen molar-refractivity contribution >= 4 is 11.9 Å². The topological polar surface area (TPSA) is 94.8 Å². The van der Waals surface area contributed by atoms with E-state index in [1.165, 1.54) is 0 Å². The summed E-state index contributed by atoms with van der Waals surface area (Å²) in [6, 6.07) is 0. The van der Waals surface area contributed by atoms with Crippen molar-refractivity contribution in [1.29, 1.82) is 0 Å². The second-order valence-corrected chi connectivity index (χ2v) is 1.45. The number of aliphatic carboxylic acids is 2. The zero-order valence-electron chi connectivity index (χ0n) is 5.02. The second kappa shape index (κ2) is 5.76. The minimum atomic E-state index is -1.79. The molecule has 0 spiro atoms. The van der Waals surface area contributed by atoms with E-state index in [2.05, 4.69) is 0 Å². The Hall–Kier alpha value is 0.00390. The molecule has 1 unspecified atom stereocenters. The van der Waals surface area contributed by atoms with Gasteiger partial charge in [-0.25, -0.2) is 4.79 Å². The van der Waals surface area contributed by atoms with Crippen LogP contribution >= 0.6 is 0 Å². The van der Waals surface area contributed by atoms with Crippen molar-refractivity contribution < 1.29 is 57.6 Å². The van der Waals surface area contributed by atoms with Crippen molar-refractivity contribution in [2.24, 2.45) is 0 Å². The van der Waals surface area contributed by atoms with Crippen molar-refractivity contribution in [2.75, 3.05) is 0 Å². The maximum absolute atomic E-state index is 9.72. The van der Waals surface area contributed by atoms with Crippen LogP contribution in [0.15, 0.2) is 0 Å². The third-order valence-corrected chi connectivity index (χ3v) is 0.653. The monoisotopic (exact) mass is 223 g/mol. The third-order valence-electron chi connectivity index (χ3n) is 0.653. The number of carboxylic acid groups (broad SMARTS) is 2. The van der Waals surface area contributed by atoms with Gasteiger partial charge in [-0.15, -0.1) is 0 Å². The van der Waals surface area contributed by atoms with Crippen molar-refractivity contribution in [3.63, 3.8) is 0 Å². The third kappa shape index (κ3) is 6.13. The quantitative estimate of drug-likeness (QED) is 0.564. The van der Waals surface area contributed by atoms with E-state index in [9.17, 15) is 9.59 Å². The normalized spacial score (nSPS) is 11.3. The average molecular weight is 223 g/mol. The molecule has 3 N–H and O–H groups in total. The molecule has 1 radical (unpaired) electrons. The largest absolute Gasteiger partial charge is 0.481 e.